The Morgan fingerprint density at radius 1 is 1.36 bits per heavy atom. The first-order valence-electron chi connectivity index (χ1n) is 4.63. The zero-order valence-electron chi connectivity index (χ0n) is 7.56. The summed E-state index contributed by atoms with van der Waals surface area (Å²) in [5, 5.41) is 3.66. The van der Waals surface area contributed by atoms with Gasteiger partial charge in [0, 0.05) is 18.1 Å². The van der Waals surface area contributed by atoms with Gasteiger partial charge in [0.25, 0.3) is 0 Å². The highest BCUT2D eigenvalue weighted by atomic mass is 15.2. The van der Waals surface area contributed by atoms with Gasteiger partial charge in [0.1, 0.15) is 0 Å². The van der Waals surface area contributed by atoms with Crippen LogP contribution in [0.1, 0.15) is 25.7 Å². The fourth-order valence-corrected chi connectivity index (χ4v) is 2.28. The molecule has 0 amide bonds. The predicted octanol–water partition coefficient (Wildman–Crippen LogP) is 0.833. The van der Waals surface area contributed by atoms with E-state index in [1.165, 1.54) is 32.2 Å². The van der Waals surface area contributed by atoms with E-state index in [1.54, 1.807) is 0 Å². The largest absolute Gasteiger partial charge is 0.310 e. The molecule has 1 aliphatic carbocycles. The van der Waals surface area contributed by atoms with Crippen LogP contribution in [0.4, 0.5) is 0 Å². The van der Waals surface area contributed by atoms with E-state index in [0.717, 1.165) is 6.04 Å². The summed E-state index contributed by atoms with van der Waals surface area (Å²) in [6, 6.07) is 0.787. The second kappa shape index (κ2) is 2.46. The Hall–Kier alpha value is -0.0800. The molecule has 1 atom stereocenters. The summed E-state index contributed by atoms with van der Waals surface area (Å²) in [5.41, 5.74) is 0.578. The van der Waals surface area contributed by atoms with Gasteiger partial charge in [-0.25, -0.2) is 0 Å². The van der Waals surface area contributed by atoms with E-state index < -0.39 is 0 Å². The molecule has 2 nitrogen and oxygen atoms in total. The highest BCUT2D eigenvalue weighted by Crippen LogP contribution is 2.39. The fraction of sp³-hybridized carbons (Fsp3) is 1.00. The lowest BCUT2D eigenvalue weighted by atomic mass is 9.75. The molecule has 2 aliphatic rings. The van der Waals surface area contributed by atoms with Crippen LogP contribution in [0.15, 0.2) is 0 Å². The number of nitrogens with one attached hydrogen (secondary N) is 1. The molecule has 0 bridgehead atoms. The van der Waals surface area contributed by atoms with Gasteiger partial charge in [-0.1, -0.05) is 0 Å². The minimum Gasteiger partial charge on any atom is -0.310 e. The Kier molecular flexibility index (Phi) is 1.69. The Balaban J connectivity index is 1.93. The van der Waals surface area contributed by atoms with Crippen molar-refractivity contribution < 1.29 is 0 Å². The van der Waals surface area contributed by atoms with Gasteiger partial charge in [-0.05, 0) is 39.8 Å². The quantitative estimate of drug-likeness (QED) is 0.602. The topological polar surface area (TPSA) is 15.3 Å². The first-order chi connectivity index (χ1) is 5.22. The number of likely N-dealkylation sites (N-methyl/N-ethyl adjacent to an activating group) is 1. The molecule has 1 N–H and O–H groups in total. The molecule has 64 valence electrons. The Labute approximate surface area is 69.0 Å². The summed E-state index contributed by atoms with van der Waals surface area (Å²) in [4.78, 5) is 2.35. The second-order valence-corrected chi connectivity index (χ2v) is 4.34. The Bertz CT molecular complexity index is 150. The third-order valence-electron chi connectivity index (χ3n) is 3.38. The van der Waals surface area contributed by atoms with Gasteiger partial charge in [-0.2, -0.15) is 0 Å². The zero-order chi connectivity index (χ0) is 7.90. The van der Waals surface area contributed by atoms with Crippen LogP contribution in [-0.2, 0) is 0 Å². The van der Waals surface area contributed by atoms with Crippen LogP contribution in [0.25, 0.3) is 0 Å². The van der Waals surface area contributed by atoms with Gasteiger partial charge in [-0.3, -0.25) is 0 Å². The molecule has 2 fully saturated rings. The van der Waals surface area contributed by atoms with Crippen molar-refractivity contribution in [2.24, 2.45) is 0 Å². The highest BCUT2D eigenvalue weighted by molar-refractivity contribution is 5.04. The molecule has 1 unspecified atom stereocenters. The minimum absolute atomic E-state index is 0.578. The maximum absolute atomic E-state index is 3.66. The second-order valence-electron chi connectivity index (χ2n) is 4.34. The van der Waals surface area contributed by atoms with Crippen LogP contribution in [-0.4, -0.2) is 37.1 Å². The van der Waals surface area contributed by atoms with E-state index in [9.17, 15) is 0 Å². The van der Waals surface area contributed by atoms with E-state index in [4.69, 9.17) is 0 Å². The van der Waals surface area contributed by atoms with E-state index in [0.29, 0.717) is 5.54 Å². The van der Waals surface area contributed by atoms with Crippen molar-refractivity contribution in [1.82, 2.24) is 10.2 Å². The van der Waals surface area contributed by atoms with Gasteiger partial charge in [0.15, 0.2) is 0 Å². The Morgan fingerprint density at radius 3 is 2.36 bits per heavy atom. The summed E-state index contributed by atoms with van der Waals surface area (Å²) < 4.78 is 0. The number of hydrogen-bond acceptors (Lipinski definition) is 2. The number of hydrogen-bond donors (Lipinski definition) is 1. The van der Waals surface area contributed by atoms with Crippen molar-refractivity contribution in [3.8, 4) is 0 Å². The molecule has 1 aliphatic heterocycles. The van der Waals surface area contributed by atoms with Crippen LogP contribution < -0.4 is 5.32 Å². The lowest BCUT2D eigenvalue weighted by Crippen LogP contribution is -2.45. The van der Waals surface area contributed by atoms with Gasteiger partial charge in [-0.15, -0.1) is 0 Å². The molecule has 1 heterocycles. The molecule has 1 saturated carbocycles. The summed E-state index contributed by atoms with van der Waals surface area (Å²) in [7, 11) is 4.37. The number of rotatable bonds is 1. The molecular formula is C9H18N2. The summed E-state index contributed by atoms with van der Waals surface area (Å²) in [6.07, 6.45) is 5.64. The van der Waals surface area contributed by atoms with Gasteiger partial charge < -0.3 is 10.2 Å². The summed E-state index contributed by atoms with van der Waals surface area (Å²) in [6.45, 7) is 1.20. The fourth-order valence-electron chi connectivity index (χ4n) is 2.28. The molecule has 0 radical (unpaired) electrons. The van der Waals surface area contributed by atoms with Gasteiger partial charge in [0.2, 0.25) is 0 Å². The SMILES string of the molecule is CN(C)C1CNC2(CCC2)C1. The predicted molar refractivity (Wildman–Crippen MR) is 46.7 cm³/mol. The maximum atomic E-state index is 3.66. The van der Waals surface area contributed by atoms with Crippen LogP contribution in [0, 0.1) is 0 Å². The van der Waals surface area contributed by atoms with E-state index >= 15 is 0 Å². The molecule has 1 spiro atoms. The van der Waals surface area contributed by atoms with Crippen molar-refractivity contribution in [2.75, 3.05) is 20.6 Å². The molecule has 1 saturated heterocycles. The van der Waals surface area contributed by atoms with Crippen LogP contribution >= 0.6 is 0 Å². The van der Waals surface area contributed by atoms with Crippen molar-refractivity contribution in [2.45, 2.75) is 37.3 Å². The lowest BCUT2D eigenvalue weighted by molar-refractivity contribution is 0.199. The molecular weight excluding hydrogens is 136 g/mol. The summed E-state index contributed by atoms with van der Waals surface area (Å²) >= 11 is 0. The van der Waals surface area contributed by atoms with E-state index in [2.05, 4.69) is 24.3 Å². The third-order valence-corrected chi connectivity index (χ3v) is 3.38. The van der Waals surface area contributed by atoms with E-state index in [-0.39, 0.29) is 0 Å². The average Bonchev–Trinajstić information content (AvgIpc) is 2.28. The smallest absolute Gasteiger partial charge is 0.0232 e. The summed E-state index contributed by atoms with van der Waals surface area (Å²) in [5.74, 6) is 0. The average molecular weight is 154 g/mol. The molecule has 2 rings (SSSR count). The van der Waals surface area contributed by atoms with E-state index in [1.807, 2.05) is 0 Å². The van der Waals surface area contributed by atoms with Crippen molar-refractivity contribution in [3.05, 3.63) is 0 Å². The van der Waals surface area contributed by atoms with Gasteiger partial charge >= 0.3 is 0 Å². The first-order valence-corrected chi connectivity index (χ1v) is 4.63. The minimum atomic E-state index is 0.578. The molecule has 11 heavy (non-hydrogen) atoms. The van der Waals surface area contributed by atoms with Crippen molar-refractivity contribution >= 4 is 0 Å². The van der Waals surface area contributed by atoms with Crippen LogP contribution in [0.3, 0.4) is 0 Å². The van der Waals surface area contributed by atoms with Crippen molar-refractivity contribution in [1.29, 1.82) is 0 Å². The molecule has 0 aromatic heterocycles. The maximum Gasteiger partial charge on any atom is 0.0232 e. The van der Waals surface area contributed by atoms with Gasteiger partial charge in [0.05, 0.1) is 0 Å². The highest BCUT2D eigenvalue weighted by Gasteiger charge is 2.43. The van der Waals surface area contributed by atoms with Crippen LogP contribution in [0.5, 0.6) is 0 Å². The first kappa shape index (κ1) is 7.56. The molecule has 2 heteroatoms. The van der Waals surface area contributed by atoms with Crippen LogP contribution in [0.2, 0.25) is 0 Å². The lowest BCUT2D eigenvalue weighted by Gasteiger charge is -2.39. The van der Waals surface area contributed by atoms with Crippen molar-refractivity contribution in [3.63, 3.8) is 0 Å². The normalized spacial score (nSPS) is 34.6. The third kappa shape index (κ3) is 1.18. The Morgan fingerprint density at radius 2 is 2.09 bits per heavy atom. The standard InChI is InChI=1S/C9H18N2/c1-11(2)8-6-9(10-7-8)4-3-5-9/h8,10H,3-7H2,1-2H3. The molecule has 0 aromatic carbocycles. The molecule has 0 aromatic rings. The number of nitrogens with zero attached hydrogens (tertiary/aromatic N) is 1. The zero-order valence-corrected chi connectivity index (χ0v) is 7.56. The monoisotopic (exact) mass is 154 g/mol.